The zero-order chi connectivity index (χ0) is 12.4. The van der Waals surface area contributed by atoms with Crippen LogP contribution in [0, 0.1) is 0 Å². The van der Waals surface area contributed by atoms with Crippen molar-refractivity contribution in [1.82, 2.24) is 5.32 Å². The molecule has 17 heavy (non-hydrogen) atoms. The summed E-state index contributed by atoms with van der Waals surface area (Å²) in [5.41, 5.74) is 0.0410. The first-order chi connectivity index (χ1) is 8.27. The van der Waals surface area contributed by atoms with Crippen molar-refractivity contribution in [3.63, 3.8) is 0 Å². The van der Waals surface area contributed by atoms with Crippen molar-refractivity contribution >= 4 is 0 Å². The fourth-order valence-corrected chi connectivity index (χ4v) is 2.18. The molecule has 0 radical (unpaired) electrons. The molecule has 0 bridgehead atoms. The molecule has 0 aromatic carbocycles. The number of rotatable bonds is 12. The number of ether oxygens (including phenoxy) is 1. The Bertz CT molecular complexity index is 178. The number of hydrogen-bond acceptors (Lipinski definition) is 2. The largest absolute Gasteiger partial charge is 0.354 e. The van der Waals surface area contributed by atoms with Crippen molar-refractivity contribution in [1.29, 1.82) is 0 Å². The Morgan fingerprint density at radius 2 is 1.35 bits per heavy atom. The van der Waals surface area contributed by atoms with E-state index < -0.39 is 0 Å². The lowest BCUT2D eigenvalue weighted by molar-refractivity contribution is 0.274. The van der Waals surface area contributed by atoms with Crippen LogP contribution in [0.3, 0.4) is 0 Å². The molecule has 0 aliphatic carbocycles. The van der Waals surface area contributed by atoms with Crippen LogP contribution in [0.15, 0.2) is 0 Å². The molecule has 1 saturated heterocycles. The third kappa shape index (κ3) is 8.62. The molecule has 1 atom stereocenters. The summed E-state index contributed by atoms with van der Waals surface area (Å²) in [7, 11) is 0. The minimum Gasteiger partial charge on any atom is -0.354 e. The molecule has 0 spiro atoms. The molecule has 1 unspecified atom stereocenters. The molecule has 1 rings (SSSR count). The summed E-state index contributed by atoms with van der Waals surface area (Å²) >= 11 is 0. The zero-order valence-corrected chi connectivity index (χ0v) is 11.9. The summed E-state index contributed by atoms with van der Waals surface area (Å²) in [5, 5.41) is 3.44. The first kappa shape index (κ1) is 15.0. The predicted octanol–water partition coefficient (Wildman–Crippen LogP) is 4.24. The third-order valence-corrected chi connectivity index (χ3v) is 3.61. The second kappa shape index (κ2) is 8.93. The monoisotopic (exact) mass is 241 g/mol. The summed E-state index contributed by atoms with van der Waals surface area (Å²) < 4.78 is 5.28. The summed E-state index contributed by atoms with van der Waals surface area (Å²) in [6, 6.07) is 0. The van der Waals surface area contributed by atoms with Crippen LogP contribution in [-0.2, 0) is 4.74 Å². The molecule has 1 aliphatic rings. The van der Waals surface area contributed by atoms with Gasteiger partial charge in [0, 0.05) is 0 Å². The Balaban J connectivity index is 1.67. The highest BCUT2D eigenvalue weighted by molar-refractivity contribution is 4.83. The predicted molar refractivity (Wildman–Crippen MR) is 74.2 cm³/mol. The fraction of sp³-hybridized carbons (Fsp3) is 1.00. The Morgan fingerprint density at radius 3 is 1.82 bits per heavy atom. The van der Waals surface area contributed by atoms with Crippen LogP contribution in [0.5, 0.6) is 0 Å². The molecular formula is C15H31NO. The van der Waals surface area contributed by atoms with Crippen LogP contribution in [0.1, 0.15) is 78.1 Å². The molecular weight excluding hydrogens is 210 g/mol. The van der Waals surface area contributed by atoms with Gasteiger partial charge >= 0.3 is 0 Å². The molecule has 1 fully saturated rings. The van der Waals surface area contributed by atoms with Gasteiger partial charge in [0.1, 0.15) is 5.72 Å². The van der Waals surface area contributed by atoms with E-state index in [1.807, 2.05) is 0 Å². The van der Waals surface area contributed by atoms with Crippen molar-refractivity contribution in [2.75, 3.05) is 13.2 Å². The molecule has 2 heteroatoms. The van der Waals surface area contributed by atoms with Crippen molar-refractivity contribution in [2.24, 2.45) is 0 Å². The van der Waals surface area contributed by atoms with E-state index in [-0.39, 0.29) is 5.72 Å². The van der Waals surface area contributed by atoms with Gasteiger partial charge in [-0.1, -0.05) is 64.7 Å². The summed E-state index contributed by atoms with van der Waals surface area (Å²) in [6.07, 6.45) is 14.1. The Hall–Kier alpha value is -0.0800. The summed E-state index contributed by atoms with van der Waals surface area (Å²) in [4.78, 5) is 0. The normalized spacial score (nSPS) is 22.9. The topological polar surface area (TPSA) is 24.6 Å². The van der Waals surface area contributed by atoms with Gasteiger partial charge in [-0.05, 0) is 19.9 Å². The average Bonchev–Trinajstić information content (AvgIpc) is 3.05. The highest BCUT2D eigenvalue weighted by atomic mass is 16.6. The van der Waals surface area contributed by atoms with E-state index in [0.29, 0.717) is 0 Å². The third-order valence-electron chi connectivity index (χ3n) is 3.61. The van der Waals surface area contributed by atoms with Crippen LogP contribution in [0.25, 0.3) is 0 Å². The van der Waals surface area contributed by atoms with Gasteiger partial charge in [-0.3, -0.25) is 5.32 Å². The molecule has 0 aromatic heterocycles. The molecule has 0 aromatic rings. The van der Waals surface area contributed by atoms with Crippen LogP contribution >= 0.6 is 0 Å². The standard InChI is InChI=1S/C15H31NO/c1-3-4-5-6-7-8-9-10-11-12-13-16-15(2)14-17-15/h16H,3-14H2,1-2H3. The minimum atomic E-state index is 0.0410. The number of nitrogens with one attached hydrogen (secondary N) is 1. The number of unbranched alkanes of at least 4 members (excludes halogenated alkanes) is 9. The lowest BCUT2D eigenvalue weighted by atomic mass is 10.1. The van der Waals surface area contributed by atoms with Gasteiger partial charge in [-0.25, -0.2) is 0 Å². The summed E-state index contributed by atoms with van der Waals surface area (Å²) in [6.45, 7) is 6.42. The molecule has 1 heterocycles. The van der Waals surface area contributed by atoms with Gasteiger partial charge in [-0.15, -0.1) is 0 Å². The average molecular weight is 241 g/mol. The van der Waals surface area contributed by atoms with Crippen LogP contribution < -0.4 is 5.32 Å². The van der Waals surface area contributed by atoms with Crippen LogP contribution in [0.4, 0.5) is 0 Å². The van der Waals surface area contributed by atoms with E-state index in [1.165, 1.54) is 64.2 Å². The van der Waals surface area contributed by atoms with Crippen molar-refractivity contribution in [2.45, 2.75) is 83.8 Å². The van der Waals surface area contributed by atoms with E-state index in [0.717, 1.165) is 13.2 Å². The lowest BCUT2D eigenvalue weighted by Crippen LogP contribution is -2.30. The molecule has 1 N–H and O–H groups in total. The van der Waals surface area contributed by atoms with E-state index in [9.17, 15) is 0 Å². The van der Waals surface area contributed by atoms with Gasteiger partial charge in [0.2, 0.25) is 0 Å². The smallest absolute Gasteiger partial charge is 0.140 e. The minimum absolute atomic E-state index is 0.0410. The van der Waals surface area contributed by atoms with Gasteiger partial charge in [-0.2, -0.15) is 0 Å². The van der Waals surface area contributed by atoms with Crippen molar-refractivity contribution < 1.29 is 4.74 Å². The van der Waals surface area contributed by atoms with E-state index in [2.05, 4.69) is 19.2 Å². The lowest BCUT2D eigenvalue weighted by Gasteiger charge is -2.07. The second-order valence-corrected chi connectivity index (χ2v) is 5.63. The number of epoxide rings is 1. The van der Waals surface area contributed by atoms with Crippen molar-refractivity contribution in [3.8, 4) is 0 Å². The quantitative estimate of drug-likeness (QED) is 0.408. The number of hydrogen-bond donors (Lipinski definition) is 1. The maximum atomic E-state index is 5.28. The van der Waals surface area contributed by atoms with Crippen LogP contribution in [-0.4, -0.2) is 18.9 Å². The van der Waals surface area contributed by atoms with Gasteiger partial charge in [0.15, 0.2) is 0 Å². The fourth-order valence-electron chi connectivity index (χ4n) is 2.18. The second-order valence-electron chi connectivity index (χ2n) is 5.63. The highest BCUT2D eigenvalue weighted by Gasteiger charge is 2.38. The van der Waals surface area contributed by atoms with E-state index >= 15 is 0 Å². The molecule has 0 amide bonds. The maximum absolute atomic E-state index is 5.28. The Kier molecular flexibility index (Phi) is 7.87. The SMILES string of the molecule is CCCCCCCCCCCCNC1(C)CO1. The Labute approximate surface area is 108 Å². The Morgan fingerprint density at radius 1 is 0.882 bits per heavy atom. The van der Waals surface area contributed by atoms with Gasteiger partial charge in [0.05, 0.1) is 6.61 Å². The summed E-state index contributed by atoms with van der Waals surface area (Å²) in [5.74, 6) is 0. The molecule has 0 saturated carbocycles. The maximum Gasteiger partial charge on any atom is 0.140 e. The first-order valence-corrected chi connectivity index (χ1v) is 7.66. The molecule has 2 nitrogen and oxygen atoms in total. The van der Waals surface area contributed by atoms with Gasteiger partial charge in [0.25, 0.3) is 0 Å². The zero-order valence-electron chi connectivity index (χ0n) is 11.9. The highest BCUT2D eigenvalue weighted by Crippen LogP contribution is 2.21. The van der Waals surface area contributed by atoms with E-state index in [1.54, 1.807) is 0 Å². The molecule has 102 valence electrons. The van der Waals surface area contributed by atoms with Crippen molar-refractivity contribution in [3.05, 3.63) is 0 Å². The van der Waals surface area contributed by atoms with Crippen LogP contribution in [0.2, 0.25) is 0 Å². The molecule has 1 aliphatic heterocycles. The first-order valence-electron chi connectivity index (χ1n) is 7.66. The van der Waals surface area contributed by atoms with E-state index in [4.69, 9.17) is 4.74 Å². The van der Waals surface area contributed by atoms with Gasteiger partial charge < -0.3 is 4.74 Å².